The summed E-state index contributed by atoms with van der Waals surface area (Å²) in [7, 11) is 0. The predicted octanol–water partition coefficient (Wildman–Crippen LogP) is 6.19. The van der Waals surface area contributed by atoms with Crippen LogP contribution in [0.15, 0.2) is 54.6 Å². The number of hydrogen-bond acceptors (Lipinski definition) is 6. The number of carbonyl (C=O) groups is 1. The third-order valence-electron chi connectivity index (χ3n) is 6.46. The zero-order valence-electron chi connectivity index (χ0n) is 20.5. The molecule has 0 radical (unpaired) electrons. The van der Waals surface area contributed by atoms with E-state index in [0.29, 0.717) is 36.9 Å². The van der Waals surface area contributed by atoms with Crippen molar-refractivity contribution in [3.63, 3.8) is 0 Å². The lowest BCUT2D eigenvalue weighted by molar-refractivity contribution is -0.198. The molecule has 0 spiro atoms. The Hall–Kier alpha value is -3.70. The van der Waals surface area contributed by atoms with Crippen LogP contribution in [0.2, 0.25) is 5.02 Å². The Morgan fingerprint density at radius 2 is 1.87 bits per heavy atom. The number of nitrogen functional groups attached to an aromatic ring is 1. The first-order valence-corrected chi connectivity index (χ1v) is 12.4. The number of alkyl halides is 3. The van der Waals surface area contributed by atoms with Crippen LogP contribution < -0.4 is 16.2 Å². The summed E-state index contributed by atoms with van der Waals surface area (Å²) in [6.07, 6.45) is -3.48. The largest absolute Gasteiger partial charge is 0.480 e. The molecule has 0 amide bonds. The van der Waals surface area contributed by atoms with Crippen LogP contribution in [0.25, 0.3) is 16.7 Å². The average Bonchev–Trinajstić information content (AvgIpc) is 2.87. The van der Waals surface area contributed by atoms with Gasteiger partial charge in [0.05, 0.1) is 5.69 Å². The summed E-state index contributed by atoms with van der Waals surface area (Å²) in [5, 5.41) is 9.23. The number of allylic oxidation sites excluding steroid dienone is 2. The van der Waals surface area contributed by atoms with Crippen LogP contribution in [0.3, 0.4) is 0 Å². The van der Waals surface area contributed by atoms with E-state index in [1.165, 1.54) is 36.4 Å². The van der Waals surface area contributed by atoms with Crippen LogP contribution in [0, 0.1) is 11.7 Å². The van der Waals surface area contributed by atoms with Crippen molar-refractivity contribution < 1.29 is 32.2 Å². The number of aromatic nitrogens is 2. The number of ether oxygens (including phenoxy) is 1. The van der Waals surface area contributed by atoms with Crippen LogP contribution in [-0.2, 0) is 4.79 Å². The molecule has 12 heteroatoms. The van der Waals surface area contributed by atoms with Crippen molar-refractivity contribution in [1.29, 1.82) is 0 Å². The highest BCUT2D eigenvalue weighted by Crippen LogP contribution is 2.42. The summed E-state index contributed by atoms with van der Waals surface area (Å²) in [4.78, 5) is 19.1. The molecule has 0 fully saturated rings. The molecule has 39 heavy (non-hydrogen) atoms. The molecule has 0 saturated heterocycles. The summed E-state index contributed by atoms with van der Waals surface area (Å²) >= 11 is 6.08. The topological polar surface area (TPSA) is 124 Å². The second kappa shape index (κ2) is 11.6. The molecule has 1 heterocycles. The van der Waals surface area contributed by atoms with Gasteiger partial charge in [0.15, 0.2) is 0 Å². The Balaban J connectivity index is 1.64. The molecule has 3 aromatic rings. The van der Waals surface area contributed by atoms with Crippen molar-refractivity contribution >= 4 is 29.1 Å². The van der Waals surface area contributed by atoms with Crippen molar-refractivity contribution in [3.05, 3.63) is 76.7 Å². The number of benzene rings is 2. The maximum absolute atomic E-state index is 14.4. The van der Waals surface area contributed by atoms with Gasteiger partial charge in [-0.15, -0.1) is 0 Å². The third kappa shape index (κ3) is 7.04. The van der Waals surface area contributed by atoms with Crippen LogP contribution >= 0.6 is 11.6 Å². The molecular formula is C27H25ClF4N4O3. The standard InChI is InChI=1S/C27H25ClF4N4O3/c28-17-7-10-19(20(12-17)15-5-8-18(29)9-6-15)24(27(30,31)32)39-23-13-22(35-26(34)36-23)16-3-1-14(2-4-16)11-21(33)25(37)38/h3,5-10,12-14,21,24H,1-2,4,11,33H2,(H,37,38)(H2,34,35,36)/t14?,21-,24?/m0/s1. The van der Waals surface area contributed by atoms with Gasteiger partial charge in [-0.25, -0.2) is 9.37 Å². The van der Waals surface area contributed by atoms with Gasteiger partial charge in [-0.05, 0) is 72.6 Å². The maximum atomic E-state index is 14.4. The Morgan fingerprint density at radius 3 is 2.49 bits per heavy atom. The maximum Gasteiger partial charge on any atom is 0.429 e. The quantitative estimate of drug-likeness (QED) is 0.279. The number of rotatable bonds is 8. The van der Waals surface area contributed by atoms with E-state index in [1.807, 2.05) is 6.08 Å². The van der Waals surface area contributed by atoms with E-state index in [1.54, 1.807) is 0 Å². The lowest BCUT2D eigenvalue weighted by Gasteiger charge is -2.25. The number of nitrogens with zero attached hydrogens (tertiary/aromatic N) is 2. The summed E-state index contributed by atoms with van der Waals surface area (Å²) in [6, 6.07) is 9.17. The summed E-state index contributed by atoms with van der Waals surface area (Å²) in [5.41, 5.74) is 12.7. The molecule has 206 valence electrons. The summed E-state index contributed by atoms with van der Waals surface area (Å²) < 4.78 is 62.0. The molecule has 1 aliphatic carbocycles. The van der Waals surface area contributed by atoms with E-state index in [9.17, 15) is 22.4 Å². The normalized spacial score (nSPS) is 17.3. The SMILES string of the molecule is Nc1nc(OC(c2ccc(Cl)cc2-c2ccc(F)cc2)C(F)(F)F)cc(C2=CCC(C[C@H](N)C(=O)O)CC2)n1. The first-order chi connectivity index (χ1) is 18.4. The van der Waals surface area contributed by atoms with E-state index in [2.05, 4.69) is 9.97 Å². The smallest absolute Gasteiger partial charge is 0.429 e. The van der Waals surface area contributed by atoms with Gasteiger partial charge in [0.25, 0.3) is 0 Å². The van der Waals surface area contributed by atoms with Gasteiger partial charge in [0.2, 0.25) is 17.9 Å². The summed E-state index contributed by atoms with van der Waals surface area (Å²) in [5.74, 6) is -2.20. The van der Waals surface area contributed by atoms with Gasteiger partial charge in [-0.3, -0.25) is 4.79 Å². The van der Waals surface area contributed by atoms with E-state index < -0.39 is 30.1 Å². The van der Waals surface area contributed by atoms with Crippen molar-refractivity contribution in [2.24, 2.45) is 11.7 Å². The van der Waals surface area contributed by atoms with Gasteiger partial charge < -0.3 is 21.3 Å². The molecule has 0 bridgehead atoms. The minimum Gasteiger partial charge on any atom is -0.480 e. The first-order valence-electron chi connectivity index (χ1n) is 12.0. The number of hydrogen-bond donors (Lipinski definition) is 3. The molecule has 0 saturated carbocycles. The number of halogens is 5. The van der Waals surface area contributed by atoms with Crippen LogP contribution in [0.5, 0.6) is 5.88 Å². The van der Waals surface area contributed by atoms with Crippen molar-refractivity contribution in [3.8, 4) is 17.0 Å². The van der Waals surface area contributed by atoms with Gasteiger partial charge in [-0.1, -0.05) is 35.9 Å². The van der Waals surface area contributed by atoms with Crippen molar-refractivity contribution in [2.75, 3.05) is 5.73 Å². The third-order valence-corrected chi connectivity index (χ3v) is 6.70. The molecule has 2 aromatic carbocycles. The molecule has 4 rings (SSSR count). The molecule has 7 nitrogen and oxygen atoms in total. The Bertz CT molecular complexity index is 1380. The zero-order chi connectivity index (χ0) is 28.3. The second-order valence-electron chi connectivity index (χ2n) is 9.28. The molecule has 0 aliphatic heterocycles. The fraction of sp³-hybridized carbons (Fsp3) is 0.296. The summed E-state index contributed by atoms with van der Waals surface area (Å²) in [6.45, 7) is 0. The van der Waals surface area contributed by atoms with Gasteiger partial charge >= 0.3 is 12.1 Å². The fourth-order valence-electron chi connectivity index (χ4n) is 4.53. The number of aliphatic carboxylic acids is 1. The lowest BCUT2D eigenvalue weighted by atomic mass is 9.84. The van der Waals surface area contributed by atoms with Crippen LogP contribution in [-0.4, -0.2) is 33.3 Å². The van der Waals surface area contributed by atoms with E-state index in [-0.39, 0.29) is 33.9 Å². The molecule has 1 aliphatic rings. The van der Waals surface area contributed by atoms with Crippen molar-refractivity contribution in [2.45, 2.75) is 44.0 Å². The lowest BCUT2D eigenvalue weighted by Crippen LogP contribution is -2.32. The van der Waals surface area contributed by atoms with Gasteiger partial charge in [0.1, 0.15) is 11.9 Å². The molecule has 1 aromatic heterocycles. The van der Waals surface area contributed by atoms with Gasteiger partial charge in [-0.2, -0.15) is 18.2 Å². The highest BCUT2D eigenvalue weighted by atomic mass is 35.5. The van der Waals surface area contributed by atoms with E-state index >= 15 is 0 Å². The number of anilines is 1. The number of nitrogens with two attached hydrogens (primary N) is 2. The zero-order valence-corrected chi connectivity index (χ0v) is 21.2. The van der Waals surface area contributed by atoms with Crippen LogP contribution in [0.1, 0.15) is 43.0 Å². The molecule has 3 atom stereocenters. The molecule has 2 unspecified atom stereocenters. The fourth-order valence-corrected chi connectivity index (χ4v) is 4.70. The highest BCUT2D eigenvalue weighted by Gasteiger charge is 2.44. The number of carboxylic acid groups (broad SMARTS) is 1. The van der Waals surface area contributed by atoms with E-state index in [4.69, 9.17) is 32.9 Å². The molecular weight excluding hydrogens is 540 g/mol. The Labute approximate surface area is 226 Å². The average molecular weight is 565 g/mol. The highest BCUT2D eigenvalue weighted by molar-refractivity contribution is 6.30. The second-order valence-corrected chi connectivity index (χ2v) is 9.71. The Morgan fingerprint density at radius 1 is 1.15 bits per heavy atom. The van der Waals surface area contributed by atoms with Crippen molar-refractivity contribution in [1.82, 2.24) is 9.97 Å². The first kappa shape index (κ1) is 28.3. The van der Waals surface area contributed by atoms with E-state index in [0.717, 1.165) is 17.7 Å². The predicted molar refractivity (Wildman–Crippen MR) is 138 cm³/mol. The minimum absolute atomic E-state index is 0.0548. The van der Waals surface area contributed by atoms with Crippen LogP contribution in [0.4, 0.5) is 23.5 Å². The molecule has 5 N–H and O–H groups in total. The minimum atomic E-state index is -4.86. The number of carboxylic acids is 1. The Kier molecular flexibility index (Phi) is 8.41. The monoisotopic (exact) mass is 564 g/mol. The van der Waals surface area contributed by atoms with Gasteiger partial charge in [0, 0.05) is 16.7 Å².